The first-order valence-corrected chi connectivity index (χ1v) is 11.1. The molecule has 1 aliphatic heterocycles. The Morgan fingerprint density at radius 2 is 2.07 bits per heavy atom. The third kappa shape index (κ3) is 5.80. The lowest BCUT2D eigenvalue weighted by Crippen LogP contribution is -2.47. The quantitative estimate of drug-likeness (QED) is 0.684. The predicted molar refractivity (Wildman–Crippen MR) is 109 cm³/mol. The van der Waals surface area contributed by atoms with Crippen molar-refractivity contribution >= 4 is 15.9 Å². The van der Waals surface area contributed by atoms with Crippen LogP contribution in [0.3, 0.4) is 0 Å². The molecule has 0 saturated carbocycles. The van der Waals surface area contributed by atoms with Crippen LogP contribution < -0.4 is 9.46 Å². The van der Waals surface area contributed by atoms with Crippen molar-refractivity contribution in [1.29, 1.82) is 0 Å². The van der Waals surface area contributed by atoms with Gasteiger partial charge in [-0.25, -0.2) is 13.1 Å². The molecule has 7 nitrogen and oxygen atoms in total. The standard InChI is InChI=1S/C20H30N2O5S/c1-5-16-11-14(3)18(15(4)23)12-19(16)27-13-20(24)22-9-7-17(8-10-22)21-28(25,26)6-2/h6,11-12,15,17,21,23H,2,5,7-10,13H2,1,3-4H3. The van der Waals surface area contributed by atoms with E-state index >= 15 is 0 Å². The molecule has 0 spiro atoms. The number of sulfonamides is 1. The lowest BCUT2D eigenvalue weighted by molar-refractivity contribution is -0.134. The van der Waals surface area contributed by atoms with Crippen molar-refractivity contribution in [2.75, 3.05) is 19.7 Å². The van der Waals surface area contributed by atoms with E-state index in [-0.39, 0.29) is 18.6 Å². The van der Waals surface area contributed by atoms with Crippen molar-refractivity contribution in [3.63, 3.8) is 0 Å². The summed E-state index contributed by atoms with van der Waals surface area (Å²) in [4.78, 5) is 14.2. The zero-order chi connectivity index (χ0) is 20.9. The van der Waals surface area contributed by atoms with Crippen molar-refractivity contribution in [1.82, 2.24) is 9.62 Å². The normalized spacial score (nSPS) is 16.6. The molecule has 1 atom stereocenters. The highest BCUT2D eigenvalue weighted by atomic mass is 32.2. The van der Waals surface area contributed by atoms with Crippen LogP contribution in [0, 0.1) is 6.92 Å². The highest BCUT2D eigenvalue weighted by Crippen LogP contribution is 2.28. The Morgan fingerprint density at radius 1 is 1.43 bits per heavy atom. The summed E-state index contributed by atoms with van der Waals surface area (Å²) in [5.41, 5.74) is 2.77. The highest BCUT2D eigenvalue weighted by Gasteiger charge is 2.25. The Labute approximate surface area is 167 Å². The van der Waals surface area contributed by atoms with E-state index in [4.69, 9.17) is 4.74 Å². The van der Waals surface area contributed by atoms with Crippen LogP contribution in [0.25, 0.3) is 0 Å². The number of carbonyl (C=O) groups excluding carboxylic acids is 1. The first-order chi connectivity index (χ1) is 13.2. The van der Waals surface area contributed by atoms with Crippen molar-refractivity contribution in [2.45, 2.75) is 52.2 Å². The SMILES string of the molecule is C=CS(=O)(=O)NC1CCN(C(=O)COc2cc(C(C)O)c(C)cc2CC)CC1. The molecule has 1 aromatic rings. The van der Waals surface area contributed by atoms with Crippen LogP contribution in [0.1, 0.15) is 49.5 Å². The van der Waals surface area contributed by atoms with Crippen molar-refractivity contribution in [3.05, 3.63) is 40.8 Å². The number of nitrogens with zero attached hydrogens (tertiary/aromatic N) is 1. The monoisotopic (exact) mass is 410 g/mol. The highest BCUT2D eigenvalue weighted by molar-refractivity contribution is 7.92. The van der Waals surface area contributed by atoms with Crippen LogP contribution >= 0.6 is 0 Å². The van der Waals surface area contributed by atoms with E-state index in [1.807, 2.05) is 26.0 Å². The molecule has 2 rings (SSSR count). The molecule has 8 heteroatoms. The number of piperidine rings is 1. The maximum Gasteiger partial charge on any atom is 0.260 e. The van der Waals surface area contributed by atoms with Crippen LogP contribution in [-0.2, 0) is 21.2 Å². The van der Waals surface area contributed by atoms with Gasteiger partial charge in [0.25, 0.3) is 5.91 Å². The molecular formula is C20H30N2O5S. The number of ether oxygens (including phenoxy) is 1. The number of aliphatic hydroxyl groups excluding tert-OH is 1. The molecule has 1 heterocycles. The van der Waals surface area contributed by atoms with Crippen LogP contribution in [0.5, 0.6) is 5.75 Å². The third-order valence-electron chi connectivity index (χ3n) is 5.03. The van der Waals surface area contributed by atoms with E-state index in [1.165, 1.54) is 0 Å². The van der Waals surface area contributed by atoms with E-state index < -0.39 is 16.1 Å². The molecule has 1 aliphatic rings. The van der Waals surface area contributed by atoms with Gasteiger partial charge in [0.05, 0.1) is 6.10 Å². The maximum atomic E-state index is 12.5. The lowest BCUT2D eigenvalue weighted by Gasteiger charge is -2.32. The average molecular weight is 411 g/mol. The Balaban J connectivity index is 1.94. The van der Waals surface area contributed by atoms with Gasteiger partial charge < -0.3 is 14.7 Å². The van der Waals surface area contributed by atoms with E-state index in [0.29, 0.717) is 31.7 Å². The van der Waals surface area contributed by atoms with Crippen molar-refractivity contribution in [2.24, 2.45) is 0 Å². The second-order valence-electron chi connectivity index (χ2n) is 7.12. The van der Waals surface area contributed by atoms with Crippen LogP contribution in [-0.4, -0.2) is 50.1 Å². The number of hydrogen-bond acceptors (Lipinski definition) is 5. The summed E-state index contributed by atoms with van der Waals surface area (Å²) in [5.74, 6) is 0.484. The van der Waals surface area contributed by atoms with Crippen LogP contribution in [0.4, 0.5) is 0 Å². The first-order valence-electron chi connectivity index (χ1n) is 9.53. The number of benzene rings is 1. The van der Waals surface area contributed by atoms with Crippen molar-refractivity contribution in [3.8, 4) is 5.75 Å². The number of carbonyl (C=O) groups is 1. The van der Waals surface area contributed by atoms with Gasteiger partial charge in [0, 0.05) is 24.5 Å². The molecule has 1 aromatic carbocycles. The molecule has 2 N–H and O–H groups in total. The van der Waals surface area contributed by atoms with Crippen molar-refractivity contribution < 1.29 is 23.1 Å². The minimum absolute atomic E-state index is 0.0850. The minimum Gasteiger partial charge on any atom is -0.483 e. The second-order valence-corrected chi connectivity index (χ2v) is 8.78. The molecule has 1 fully saturated rings. The first kappa shape index (κ1) is 22.4. The molecule has 1 unspecified atom stereocenters. The number of likely N-dealkylation sites (tertiary alicyclic amines) is 1. The number of nitrogens with one attached hydrogen (secondary N) is 1. The van der Waals surface area contributed by atoms with Crippen LogP contribution in [0.15, 0.2) is 24.1 Å². The number of amides is 1. The van der Waals surface area contributed by atoms with E-state index in [0.717, 1.165) is 28.5 Å². The third-order valence-corrected chi connectivity index (χ3v) is 6.13. The van der Waals surface area contributed by atoms with Gasteiger partial charge in [0.1, 0.15) is 5.75 Å². The molecule has 0 radical (unpaired) electrons. The maximum absolute atomic E-state index is 12.5. The number of aryl methyl sites for hydroxylation is 2. The molecule has 0 aromatic heterocycles. The molecule has 1 amide bonds. The van der Waals surface area contributed by atoms with Gasteiger partial charge >= 0.3 is 0 Å². The molecule has 0 bridgehead atoms. The Bertz CT molecular complexity index is 812. The predicted octanol–water partition coefficient (Wildman–Crippen LogP) is 2.04. The van der Waals surface area contributed by atoms with Gasteiger partial charge in [-0.15, -0.1) is 0 Å². The summed E-state index contributed by atoms with van der Waals surface area (Å²) < 4.78 is 31.5. The summed E-state index contributed by atoms with van der Waals surface area (Å²) in [6.07, 6.45) is 1.26. The van der Waals surface area contributed by atoms with E-state index in [9.17, 15) is 18.3 Å². The van der Waals surface area contributed by atoms with Gasteiger partial charge in [0.2, 0.25) is 10.0 Å². The lowest BCUT2D eigenvalue weighted by atomic mass is 9.99. The zero-order valence-corrected chi connectivity index (χ0v) is 17.6. The van der Waals surface area contributed by atoms with Gasteiger partial charge in [0.15, 0.2) is 6.61 Å². The summed E-state index contributed by atoms with van der Waals surface area (Å²) in [6.45, 7) is 9.80. The molecule has 1 saturated heterocycles. The molecule has 0 aliphatic carbocycles. The van der Waals surface area contributed by atoms with Gasteiger partial charge in [-0.3, -0.25) is 4.79 Å². The summed E-state index contributed by atoms with van der Waals surface area (Å²) >= 11 is 0. The average Bonchev–Trinajstić information content (AvgIpc) is 2.66. The van der Waals surface area contributed by atoms with Gasteiger partial charge in [-0.05, 0) is 55.9 Å². The second kappa shape index (κ2) is 9.54. The fraction of sp³-hybridized carbons (Fsp3) is 0.550. The summed E-state index contributed by atoms with van der Waals surface area (Å²) in [7, 11) is -3.46. The topological polar surface area (TPSA) is 95.9 Å². The molecule has 28 heavy (non-hydrogen) atoms. The Kier molecular flexibility index (Phi) is 7.63. The smallest absolute Gasteiger partial charge is 0.260 e. The number of hydrogen-bond donors (Lipinski definition) is 2. The Morgan fingerprint density at radius 3 is 2.61 bits per heavy atom. The number of rotatable bonds is 8. The fourth-order valence-corrected chi connectivity index (χ4v) is 4.18. The summed E-state index contributed by atoms with van der Waals surface area (Å²) in [6, 6.07) is 3.60. The summed E-state index contributed by atoms with van der Waals surface area (Å²) in [5, 5.41) is 10.8. The fourth-order valence-electron chi connectivity index (χ4n) is 3.38. The van der Waals surface area contributed by atoms with Gasteiger partial charge in [-0.2, -0.15) is 0 Å². The minimum atomic E-state index is -3.46. The molecule has 156 valence electrons. The van der Waals surface area contributed by atoms with Gasteiger partial charge in [-0.1, -0.05) is 19.6 Å². The van der Waals surface area contributed by atoms with E-state index in [2.05, 4.69) is 11.3 Å². The zero-order valence-electron chi connectivity index (χ0n) is 16.8. The van der Waals surface area contributed by atoms with Crippen LogP contribution in [0.2, 0.25) is 0 Å². The Hall–Kier alpha value is -1.90. The molecular weight excluding hydrogens is 380 g/mol. The largest absolute Gasteiger partial charge is 0.483 e. The number of aliphatic hydroxyl groups is 1. The van der Waals surface area contributed by atoms with E-state index in [1.54, 1.807) is 11.8 Å².